The van der Waals surface area contributed by atoms with Crippen LogP contribution in [-0.2, 0) is 4.79 Å². The minimum atomic E-state index is -2.22. The molecule has 0 spiro atoms. The van der Waals surface area contributed by atoms with Gasteiger partial charge in [0.2, 0.25) is 0 Å². The fourth-order valence-electron chi connectivity index (χ4n) is 4.73. The van der Waals surface area contributed by atoms with Gasteiger partial charge in [-0.3, -0.25) is 9.59 Å². The highest BCUT2D eigenvalue weighted by molar-refractivity contribution is 6.11. The molecule has 132 valence electrons. The van der Waals surface area contributed by atoms with E-state index in [2.05, 4.69) is 0 Å². The molecule has 1 aromatic rings. The topological polar surface area (TPSA) is 115 Å². The van der Waals surface area contributed by atoms with E-state index in [1.54, 1.807) is 0 Å². The summed E-state index contributed by atoms with van der Waals surface area (Å²) in [6.07, 6.45) is -2.17. The van der Waals surface area contributed by atoms with E-state index in [1.165, 1.54) is 18.2 Å². The van der Waals surface area contributed by atoms with Crippen LogP contribution in [0.15, 0.2) is 29.3 Å². The van der Waals surface area contributed by atoms with Crippen LogP contribution < -0.4 is 0 Å². The number of phenols is 1. The van der Waals surface area contributed by atoms with E-state index in [0.717, 1.165) is 0 Å². The number of aliphatic hydroxyl groups is 3. The van der Waals surface area contributed by atoms with Gasteiger partial charge in [-0.05, 0) is 24.8 Å². The lowest BCUT2D eigenvalue weighted by Crippen LogP contribution is -2.62. The molecule has 4 rings (SSSR count). The Morgan fingerprint density at radius 1 is 1.12 bits per heavy atom. The highest BCUT2D eigenvalue weighted by Gasteiger charge is 2.62. The molecule has 25 heavy (non-hydrogen) atoms. The summed E-state index contributed by atoms with van der Waals surface area (Å²) in [6, 6.07) is 4.24. The number of hydrogen-bond donors (Lipinski definition) is 4. The van der Waals surface area contributed by atoms with E-state index in [0.29, 0.717) is 12.0 Å². The van der Waals surface area contributed by atoms with Crippen LogP contribution >= 0.6 is 0 Å². The SMILES string of the molecule is C[C@@H]1CC(=O)C2=C(C1)C[C@@H](O)[C@]1(O)[C@H]2C(=O)c2cccc(O)c2[C@@H]1O. The van der Waals surface area contributed by atoms with Gasteiger partial charge in [-0.15, -0.1) is 0 Å². The lowest BCUT2D eigenvalue weighted by atomic mass is 9.57. The second-order valence-electron chi connectivity index (χ2n) is 7.50. The Morgan fingerprint density at radius 3 is 2.56 bits per heavy atom. The first kappa shape index (κ1) is 16.4. The van der Waals surface area contributed by atoms with Crippen molar-refractivity contribution in [2.45, 2.75) is 44.0 Å². The second kappa shape index (κ2) is 5.24. The van der Waals surface area contributed by atoms with Gasteiger partial charge in [0.25, 0.3) is 0 Å². The van der Waals surface area contributed by atoms with Gasteiger partial charge in [-0.1, -0.05) is 24.6 Å². The van der Waals surface area contributed by atoms with Crippen LogP contribution in [0.3, 0.4) is 0 Å². The van der Waals surface area contributed by atoms with Gasteiger partial charge in [-0.25, -0.2) is 0 Å². The van der Waals surface area contributed by atoms with E-state index in [1.807, 2.05) is 6.92 Å². The molecule has 0 aliphatic heterocycles. The molecule has 0 bridgehead atoms. The zero-order valence-electron chi connectivity index (χ0n) is 13.8. The first-order valence-electron chi connectivity index (χ1n) is 8.46. The number of carbonyl (C=O) groups excluding carboxylic acids is 2. The maximum Gasteiger partial charge on any atom is 0.174 e. The predicted molar refractivity (Wildman–Crippen MR) is 86.9 cm³/mol. The van der Waals surface area contributed by atoms with Crippen molar-refractivity contribution in [2.24, 2.45) is 11.8 Å². The number of Topliss-reactive ketones (excluding diaryl/α,β-unsaturated/α-hetero) is 2. The van der Waals surface area contributed by atoms with Crippen LogP contribution in [0.4, 0.5) is 0 Å². The third-order valence-corrected chi connectivity index (χ3v) is 5.86. The zero-order valence-corrected chi connectivity index (χ0v) is 13.8. The van der Waals surface area contributed by atoms with Crippen molar-refractivity contribution < 1.29 is 30.0 Å². The normalized spacial score (nSPS) is 37.4. The molecule has 0 amide bonds. The Hall–Kier alpha value is -2.02. The number of fused-ring (bicyclic) bond motifs is 3. The Labute approximate surface area is 144 Å². The molecule has 6 nitrogen and oxygen atoms in total. The molecule has 1 aromatic carbocycles. The molecule has 0 unspecified atom stereocenters. The van der Waals surface area contributed by atoms with E-state index in [9.17, 15) is 30.0 Å². The number of ketones is 2. The first-order chi connectivity index (χ1) is 11.8. The quantitative estimate of drug-likeness (QED) is 0.559. The van der Waals surface area contributed by atoms with Crippen molar-refractivity contribution in [3.05, 3.63) is 40.5 Å². The third kappa shape index (κ3) is 2.02. The number of phenolic OH excluding ortho intramolecular Hbond substituents is 1. The van der Waals surface area contributed by atoms with Crippen molar-refractivity contribution in [3.63, 3.8) is 0 Å². The molecule has 0 saturated heterocycles. The molecule has 5 atom stereocenters. The van der Waals surface area contributed by atoms with Crippen LogP contribution in [0, 0.1) is 11.8 Å². The average molecular weight is 344 g/mol. The lowest BCUT2D eigenvalue weighted by Gasteiger charge is -2.51. The monoisotopic (exact) mass is 344 g/mol. The largest absolute Gasteiger partial charge is 0.508 e. The molecule has 0 radical (unpaired) electrons. The standard InChI is InChI=1S/C19H20O6/c1-8-5-9-7-13(22)19(25)16(14(9)12(21)6-8)17(23)10-3-2-4-11(20)15(10)18(19)24/h2-4,8,13,16,18,20,22,24-25H,5-7H2,1H3/t8-,13+,16+,18-,19-/m0/s1. The van der Waals surface area contributed by atoms with E-state index in [-0.39, 0.29) is 47.0 Å². The predicted octanol–water partition coefficient (Wildman–Crippen LogP) is 1.03. The minimum absolute atomic E-state index is 0.0334. The number of carbonyl (C=O) groups is 2. The molecule has 3 aliphatic carbocycles. The summed E-state index contributed by atoms with van der Waals surface area (Å²) in [5.74, 6) is -2.28. The Balaban J connectivity index is 1.98. The first-order valence-corrected chi connectivity index (χ1v) is 8.46. The second-order valence-corrected chi connectivity index (χ2v) is 7.50. The maximum atomic E-state index is 13.1. The number of hydrogen-bond acceptors (Lipinski definition) is 6. The molecule has 0 aromatic heterocycles. The van der Waals surface area contributed by atoms with Crippen molar-refractivity contribution in [1.82, 2.24) is 0 Å². The van der Waals surface area contributed by atoms with Gasteiger partial charge in [0, 0.05) is 23.1 Å². The smallest absolute Gasteiger partial charge is 0.174 e. The fourth-order valence-corrected chi connectivity index (χ4v) is 4.73. The van der Waals surface area contributed by atoms with Crippen molar-refractivity contribution in [2.75, 3.05) is 0 Å². The maximum absolute atomic E-state index is 13.1. The van der Waals surface area contributed by atoms with E-state index in [4.69, 9.17) is 0 Å². The molecule has 3 aliphatic rings. The van der Waals surface area contributed by atoms with Gasteiger partial charge >= 0.3 is 0 Å². The minimum Gasteiger partial charge on any atom is -0.508 e. The number of aliphatic hydroxyl groups excluding tert-OH is 2. The fraction of sp³-hybridized carbons (Fsp3) is 0.474. The molecule has 4 N–H and O–H groups in total. The molecular weight excluding hydrogens is 324 g/mol. The van der Waals surface area contributed by atoms with E-state index >= 15 is 0 Å². The molecular formula is C19H20O6. The summed E-state index contributed by atoms with van der Waals surface area (Å²) in [5.41, 5.74) is -1.31. The van der Waals surface area contributed by atoms with E-state index < -0.39 is 29.5 Å². The van der Waals surface area contributed by atoms with Crippen molar-refractivity contribution in [3.8, 4) is 5.75 Å². The van der Waals surface area contributed by atoms with Gasteiger partial charge in [0.15, 0.2) is 11.6 Å². The Morgan fingerprint density at radius 2 is 1.84 bits per heavy atom. The van der Waals surface area contributed by atoms with Crippen LogP contribution in [0.25, 0.3) is 0 Å². The summed E-state index contributed by atoms with van der Waals surface area (Å²) in [6.45, 7) is 1.93. The van der Waals surface area contributed by atoms with Gasteiger partial charge in [-0.2, -0.15) is 0 Å². The van der Waals surface area contributed by atoms with Crippen LogP contribution in [0.1, 0.15) is 48.2 Å². The molecule has 0 fully saturated rings. The summed E-state index contributed by atoms with van der Waals surface area (Å²) < 4.78 is 0. The average Bonchev–Trinajstić information content (AvgIpc) is 2.54. The number of aromatic hydroxyl groups is 1. The molecule has 0 heterocycles. The summed E-state index contributed by atoms with van der Waals surface area (Å²) >= 11 is 0. The van der Waals surface area contributed by atoms with Crippen molar-refractivity contribution >= 4 is 11.6 Å². The zero-order chi connectivity index (χ0) is 18.1. The van der Waals surface area contributed by atoms with Crippen molar-refractivity contribution in [1.29, 1.82) is 0 Å². The summed E-state index contributed by atoms with van der Waals surface area (Å²) in [5, 5.41) is 42.6. The van der Waals surface area contributed by atoms with Crippen LogP contribution in [-0.4, -0.2) is 43.7 Å². The summed E-state index contributed by atoms with van der Waals surface area (Å²) in [4.78, 5) is 25.7. The van der Waals surface area contributed by atoms with Gasteiger partial charge < -0.3 is 20.4 Å². The van der Waals surface area contributed by atoms with Crippen LogP contribution in [0.2, 0.25) is 0 Å². The summed E-state index contributed by atoms with van der Waals surface area (Å²) in [7, 11) is 0. The number of rotatable bonds is 0. The highest BCUT2D eigenvalue weighted by Crippen LogP contribution is 2.54. The molecule has 0 saturated carbocycles. The third-order valence-electron chi connectivity index (χ3n) is 5.86. The lowest BCUT2D eigenvalue weighted by molar-refractivity contribution is -0.174. The number of benzene rings is 1. The van der Waals surface area contributed by atoms with Gasteiger partial charge in [0.1, 0.15) is 17.5 Å². The Kier molecular flexibility index (Phi) is 3.45. The molecule has 6 heteroatoms. The van der Waals surface area contributed by atoms with Crippen LogP contribution in [0.5, 0.6) is 5.75 Å². The highest BCUT2D eigenvalue weighted by atomic mass is 16.4. The van der Waals surface area contributed by atoms with Gasteiger partial charge in [0.05, 0.1) is 12.0 Å². The Bertz CT molecular complexity index is 825.